The van der Waals surface area contributed by atoms with Crippen molar-refractivity contribution < 1.29 is 0 Å². The van der Waals surface area contributed by atoms with E-state index in [4.69, 9.17) is 0 Å². The van der Waals surface area contributed by atoms with Crippen molar-refractivity contribution in [3.63, 3.8) is 0 Å². The summed E-state index contributed by atoms with van der Waals surface area (Å²) in [5.41, 5.74) is 1.41. The van der Waals surface area contributed by atoms with Crippen LogP contribution in [-0.2, 0) is 6.54 Å². The molecule has 110 valence electrons. The summed E-state index contributed by atoms with van der Waals surface area (Å²) in [6, 6.07) is 9.02. The van der Waals surface area contributed by atoms with Crippen LogP contribution in [0.2, 0.25) is 0 Å². The standard InChI is InChI=1S/C15H18N2S.2ClH/c1-2-15-11(3-4-18-15)5-10(1)6-16-7-12-13-8-17-9-14(12)13;;/h1-5,12-14,16-17H,6-9H2;2*1H/t12?,13-,14+;;. The first kappa shape index (κ1) is 16.1. The Bertz CT molecular complexity index is 562. The molecule has 2 fully saturated rings. The second kappa shape index (κ2) is 6.63. The van der Waals surface area contributed by atoms with E-state index in [1.54, 1.807) is 0 Å². The first-order valence-electron chi connectivity index (χ1n) is 6.79. The number of thiophene rings is 1. The van der Waals surface area contributed by atoms with E-state index in [-0.39, 0.29) is 24.8 Å². The summed E-state index contributed by atoms with van der Waals surface area (Å²) < 4.78 is 1.39. The van der Waals surface area contributed by atoms with Crippen molar-refractivity contribution in [3.8, 4) is 0 Å². The van der Waals surface area contributed by atoms with Gasteiger partial charge in [0, 0.05) is 11.2 Å². The van der Waals surface area contributed by atoms with Crippen LogP contribution in [0.3, 0.4) is 0 Å². The summed E-state index contributed by atoms with van der Waals surface area (Å²) >= 11 is 1.82. The quantitative estimate of drug-likeness (QED) is 0.898. The van der Waals surface area contributed by atoms with Crippen LogP contribution in [0.1, 0.15) is 5.56 Å². The normalized spacial score (nSPS) is 26.7. The number of fused-ring (bicyclic) bond motifs is 2. The molecule has 2 aromatic rings. The molecule has 2 nitrogen and oxygen atoms in total. The van der Waals surface area contributed by atoms with Gasteiger partial charge in [0.25, 0.3) is 0 Å². The molecule has 1 aromatic heterocycles. The molecule has 1 saturated heterocycles. The summed E-state index contributed by atoms with van der Waals surface area (Å²) in [6.07, 6.45) is 0. The molecular weight excluding hydrogens is 311 g/mol. The molecule has 1 aliphatic carbocycles. The van der Waals surface area contributed by atoms with Gasteiger partial charge in [-0.05, 0) is 71.9 Å². The van der Waals surface area contributed by atoms with Crippen LogP contribution < -0.4 is 10.6 Å². The molecule has 0 spiro atoms. The molecular formula is C15H20Cl2N2S. The lowest BCUT2D eigenvalue weighted by atomic mass is 10.1. The highest BCUT2D eigenvalue weighted by Gasteiger charge is 2.51. The first-order chi connectivity index (χ1) is 8.92. The van der Waals surface area contributed by atoms with Gasteiger partial charge in [0.15, 0.2) is 0 Å². The zero-order valence-corrected chi connectivity index (χ0v) is 13.6. The van der Waals surface area contributed by atoms with Gasteiger partial charge in [0.2, 0.25) is 0 Å². The molecule has 0 amide bonds. The zero-order valence-electron chi connectivity index (χ0n) is 11.2. The fourth-order valence-corrected chi connectivity index (χ4v) is 4.13. The Kier molecular flexibility index (Phi) is 5.32. The first-order valence-corrected chi connectivity index (χ1v) is 7.67. The number of benzene rings is 1. The highest BCUT2D eigenvalue weighted by molar-refractivity contribution is 7.17. The van der Waals surface area contributed by atoms with Gasteiger partial charge in [-0.1, -0.05) is 6.07 Å². The van der Waals surface area contributed by atoms with Gasteiger partial charge in [0.05, 0.1) is 0 Å². The van der Waals surface area contributed by atoms with Crippen LogP contribution >= 0.6 is 36.2 Å². The van der Waals surface area contributed by atoms with Crippen molar-refractivity contribution in [2.45, 2.75) is 6.54 Å². The van der Waals surface area contributed by atoms with Crippen molar-refractivity contribution in [2.24, 2.45) is 17.8 Å². The summed E-state index contributed by atoms with van der Waals surface area (Å²) in [7, 11) is 0. The molecule has 2 heterocycles. The number of halogens is 2. The second-order valence-electron chi connectivity index (χ2n) is 5.57. The molecule has 20 heavy (non-hydrogen) atoms. The van der Waals surface area contributed by atoms with Crippen LogP contribution in [0.5, 0.6) is 0 Å². The number of rotatable bonds is 4. The smallest absolute Gasteiger partial charge is 0.0342 e. The molecule has 4 rings (SSSR count). The summed E-state index contributed by atoms with van der Waals surface area (Å²) in [5.74, 6) is 2.88. The average Bonchev–Trinajstić information content (AvgIpc) is 2.82. The second-order valence-corrected chi connectivity index (χ2v) is 6.52. The van der Waals surface area contributed by atoms with Gasteiger partial charge in [-0.15, -0.1) is 36.2 Å². The van der Waals surface area contributed by atoms with E-state index in [0.717, 1.165) is 24.3 Å². The third-order valence-corrected chi connectivity index (χ3v) is 5.39. The SMILES string of the molecule is Cl.Cl.c1cc2cc(CNCC3[C@H]4CNC[C@@H]34)ccc2s1. The Labute approximate surface area is 136 Å². The van der Waals surface area contributed by atoms with Crippen LogP contribution in [0.25, 0.3) is 10.1 Å². The Morgan fingerprint density at radius 1 is 1.15 bits per heavy atom. The Morgan fingerprint density at radius 2 is 1.95 bits per heavy atom. The number of nitrogens with one attached hydrogen (secondary N) is 2. The van der Waals surface area contributed by atoms with Gasteiger partial charge in [-0.25, -0.2) is 0 Å². The van der Waals surface area contributed by atoms with E-state index in [1.807, 2.05) is 11.3 Å². The van der Waals surface area contributed by atoms with Crippen LogP contribution in [0, 0.1) is 17.8 Å². The van der Waals surface area contributed by atoms with Crippen molar-refractivity contribution in [1.29, 1.82) is 0 Å². The van der Waals surface area contributed by atoms with Crippen LogP contribution in [0.4, 0.5) is 0 Å². The minimum Gasteiger partial charge on any atom is -0.316 e. The van der Waals surface area contributed by atoms with E-state index in [2.05, 4.69) is 40.3 Å². The molecule has 0 bridgehead atoms. The summed E-state index contributed by atoms with van der Waals surface area (Å²) in [5, 5.41) is 10.6. The number of hydrogen-bond acceptors (Lipinski definition) is 3. The van der Waals surface area contributed by atoms with Gasteiger partial charge in [-0.2, -0.15) is 0 Å². The van der Waals surface area contributed by atoms with E-state index in [1.165, 1.54) is 35.3 Å². The maximum atomic E-state index is 3.62. The van der Waals surface area contributed by atoms with Crippen molar-refractivity contribution in [1.82, 2.24) is 10.6 Å². The predicted octanol–water partition coefficient (Wildman–Crippen LogP) is 3.30. The van der Waals surface area contributed by atoms with Gasteiger partial charge >= 0.3 is 0 Å². The molecule has 1 aliphatic heterocycles. The molecule has 2 aliphatic rings. The maximum absolute atomic E-state index is 3.62. The fraction of sp³-hybridized carbons (Fsp3) is 0.467. The molecule has 1 aromatic carbocycles. The van der Waals surface area contributed by atoms with Gasteiger partial charge < -0.3 is 10.6 Å². The predicted molar refractivity (Wildman–Crippen MR) is 91.4 cm³/mol. The summed E-state index contributed by atoms with van der Waals surface area (Å²) in [6.45, 7) is 4.70. The molecule has 0 radical (unpaired) electrons. The topological polar surface area (TPSA) is 24.1 Å². The average molecular weight is 331 g/mol. The van der Waals surface area contributed by atoms with Crippen LogP contribution in [0.15, 0.2) is 29.6 Å². The molecule has 2 N–H and O–H groups in total. The minimum atomic E-state index is 0. The number of hydrogen-bond donors (Lipinski definition) is 2. The summed E-state index contributed by atoms with van der Waals surface area (Å²) in [4.78, 5) is 0. The lowest BCUT2D eigenvalue weighted by Crippen LogP contribution is -2.23. The van der Waals surface area contributed by atoms with Crippen molar-refractivity contribution in [3.05, 3.63) is 35.2 Å². The Hall–Kier alpha value is -0.320. The van der Waals surface area contributed by atoms with E-state index >= 15 is 0 Å². The molecule has 5 heteroatoms. The highest BCUT2D eigenvalue weighted by Crippen LogP contribution is 2.47. The maximum Gasteiger partial charge on any atom is 0.0342 e. The molecule has 1 saturated carbocycles. The van der Waals surface area contributed by atoms with E-state index < -0.39 is 0 Å². The lowest BCUT2D eigenvalue weighted by Gasteiger charge is -2.07. The zero-order chi connectivity index (χ0) is 11.9. The van der Waals surface area contributed by atoms with Crippen LogP contribution in [-0.4, -0.2) is 19.6 Å². The Morgan fingerprint density at radius 3 is 2.75 bits per heavy atom. The monoisotopic (exact) mass is 330 g/mol. The van der Waals surface area contributed by atoms with E-state index in [0.29, 0.717) is 0 Å². The minimum absolute atomic E-state index is 0. The van der Waals surface area contributed by atoms with Gasteiger partial charge in [-0.3, -0.25) is 0 Å². The fourth-order valence-electron chi connectivity index (χ4n) is 3.36. The Balaban J connectivity index is 0.000000735. The third-order valence-electron chi connectivity index (χ3n) is 4.49. The van der Waals surface area contributed by atoms with E-state index in [9.17, 15) is 0 Å². The lowest BCUT2D eigenvalue weighted by molar-refractivity contribution is 0.540. The largest absolute Gasteiger partial charge is 0.316 e. The molecule has 1 unspecified atom stereocenters. The van der Waals surface area contributed by atoms with Gasteiger partial charge in [0.1, 0.15) is 0 Å². The van der Waals surface area contributed by atoms with Crippen molar-refractivity contribution in [2.75, 3.05) is 19.6 Å². The number of piperidine rings is 1. The third kappa shape index (κ3) is 2.97. The molecule has 3 atom stereocenters. The highest BCUT2D eigenvalue weighted by atomic mass is 35.5. The van der Waals surface area contributed by atoms with Crippen molar-refractivity contribution >= 4 is 46.2 Å².